The second kappa shape index (κ2) is 13.7. The van der Waals surface area contributed by atoms with E-state index in [0.717, 1.165) is 12.8 Å². The molecule has 1 aromatic carbocycles. The van der Waals surface area contributed by atoms with E-state index in [1.165, 1.54) is 18.2 Å². The lowest BCUT2D eigenvalue weighted by molar-refractivity contribution is -0.0504. The molecule has 0 spiro atoms. The Morgan fingerprint density at radius 1 is 1.23 bits per heavy atom. The third-order valence-corrected chi connectivity index (χ3v) is 4.48. The quantitative estimate of drug-likeness (QED) is 0.200. The van der Waals surface area contributed by atoms with Crippen molar-refractivity contribution in [2.24, 2.45) is 4.99 Å². The van der Waals surface area contributed by atoms with Gasteiger partial charge < -0.3 is 19.9 Å². The van der Waals surface area contributed by atoms with E-state index in [1.807, 2.05) is 6.07 Å². The summed E-state index contributed by atoms with van der Waals surface area (Å²) < 4.78 is 31.4. The second-order valence-corrected chi connectivity index (χ2v) is 6.89. The molecule has 0 unspecified atom stereocenters. The smallest absolute Gasteiger partial charge is 0.387 e. The highest BCUT2D eigenvalue weighted by Gasteiger charge is 2.15. The molecule has 2 rings (SSSR count). The molecule has 0 radical (unpaired) electrons. The maximum Gasteiger partial charge on any atom is 0.387 e. The van der Waals surface area contributed by atoms with Crippen LogP contribution in [-0.4, -0.2) is 30.7 Å². The first-order valence-electron chi connectivity index (χ1n) is 8.93. The van der Waals surface area contributed by atoms with Gasteiger partial charge in [0.2, 0.25) is 5.56 Å². The fraction of sp³-hybridized carbons (Fsp3) is 0.368. The summed E-state index contributed by atoms with van der Waals surface area (Å²) >= 11 is 11.9. The zero-order valence-corrected chi connectivity index (χ0v) is 20.1. The molecule has 0 aliphatic rings. The summed E-state index contributed by atoms with van der Waals surface area (Å²) in [6.45, 7) is -1.61. The van der Waals surface area contributed by atoms with Crippen molar-refractivity contribution in [2.45, 2.75) is 32.5 Å². The number of guanidine groups is 1. The summed E-state index contributed by atoms with van der Waals surface area (Å²) in [5.41, 5.74) is 0.356. The predicted molar refractivity (Wildman–Crippen MR) is 127 cm³/mol. The number of halogens is 5. The molecule has 0 aliphatic heterocycles. The molecule has 30 heavy (non-hydrogen) atoms. The Kier molecular flexibility index (Phi) is 12.0. The number of nitrogens with one attached hydrogen (secondary N) is 2. The van der Waals surface area contributed by atoms with Gasteiger partial charge in [0.05, 0.1) is 5.02 Å². The topological polar surface area (TPSA) is 67.7 Å². The minimum Gasteiger partial charge on any atom is -0.433 e. The number of pyridine rings is 1. The molecular weight excluding hydrogens is 552 g/mol. The Balaban J connectivity index is 0.00000450. The summed E-state index contributed by atoms with van der Waals surface area (Å²) in [6.07, 6.45) is 3.38. The molecule has 6 nitrogen and oxygen atoms in total. The minimum atomic E-state index is -3.00. The monoisotopic (exact) mass is 574 g/mol. The summed E-state index contributed by atoms with van der Waals surface area (Å²) in [4.78, 5) is 15.7. The molecule has 0 amide bonds. The lowest BCUT2D eigenvalue weighted by Crippen LogP contribution is -2.37. The van der Waals surface area contributed by atoms with Gasteiger partial charge in [-0.15, -0.1) is 24.0 Å². The standard InChI is InChI=1S/C19H22Cl2F2N4O2.HI/c1-24-19(25-7-3-5-9-27-8-4-2-6-16(27)28)26-12-13-10-14(20)11-15(21)17(13)29-18(22)23;/h2,4,6,8,10-11,18H,3,5,7,9,12H2,1H3,(H2,24,25,26);1H. The second-order valence-electron chi connectivity index (χ2n) is 6.05. The highest BCUT2D eigenvalue weighted by molar-refractivity contribution is 14.0. The lowest BCUT2D eigenvalue weighted by Gasteiger charge is -2.16. The van der Waals surface area contributed by atoms with Crippen molar-refractivity contribution in [3.63, 3.8) is 0 Å². The number of rotatable bonds is 9. The molecule has 11 heteroatoms. The molecule has 2 aromatic rings. The van der Waals surface area contributed by atoms with E-state index in [9.17, 15) is 13.6 Å². The van der Waals surface area contributed by atoms with Crippen LogP contribution in [0.5, 0.6) is 5.75 Å². The van der Waals surface area contributed by atoms with Crippen LogP contribution in [0, 0.1) is 0 Å². The van der Waals surface area contributed by atoms with E-state index in [4.69, 9.17) is 23.2 Å². The van der Waals surface area contributed by atoms with Crippen molar-refractivity contribution in [1.29, 1.82) is 0 Å². The molecule has 2 N–H and O–H groups in total. The van der Waals surface area contributed by atoms with Crippen LogP contribution in [0.15, 0.2) is 46.3 Å². The largest absolute Gasteiger partial charge is 0.433 e. The van der Waals surface area contributed by atoms with Crippen LogP contribution in [-0.2, 0) is 13.1 Å². The van der Waals surface area contributed by atoms with Crippen molar-refractivity contribution in [3.05, 3.63) is 62.5 Å². The van der Waals surface area contributed by atoms with Gasteiger partial charge in [0, 0.05) is 49.5 Å². The molecule has 0 aliphatic carbocycles. The van der Waals surface area contributed by atoms with E-state index in [1.54, 1.807) is 23.9 Å². The number of hydrogen-bond donors (Lipinski definition) is 2. The van der Waals surface area contributed by atoms with E-state index >= 15 is 0 Å². The van der Waals surface area contributed by atoms with Gasteiger partial charge in [0.25, 0.3) is 0 Å². The third kappa shape index (κ3) is 8.65. The highest BCUT2D eigenvalue weighted by Crippen LogP contribution is 2.33. The number of ether oxygens (including phenoxy) is 1. The van der Waals surface area contributed by atoms with Crippen LogP contribution >= 0.6 is 47.2 Å². The van der Waals surface area contributed by atoms with Gasteiger partial charge in [-0.05, 0) is 31.0 Å². The fourth-order valence-corrected chi connectivity index (χ4v) is 3.21. The van der Waals surface area contributed by atoms with Crippen LogP contribution in [0.2, 0.25) is 10.0 Å². The molecule has 0 fully saturated rings. The summed E-state index contributed by atoms with van der Waals surface area (Å²) in [6, 6.07) is 7.90. The molecule has 166 valence electrons. The van der Waals surface area contributed by atoms with Crippen molar-refractivity contribution in [2.75, 3.05) is 13.6 Å². The van der Waals surface area contributed by atoms with Gasteiger partial charge in [-0.3, -0.25) is 9.79 Å². The van der Waals surface area contributed by atoms with Crippen LogP contribution in [0.3, 0.4) is 0 Å². The number of aliphatic imine (C=N–C) groups is 1. The van der Waals surface area contributed by atoms with Gasteiger partial charge in [-0.1, -0.05) is 29.3 Å². The van der Waals surface area contributed by atoms with Crippen LogP contribution < -0.4 is 20.9 Å². The SMILES string of the molecule is CN=C(NCCCCn1ccccc1=O)NCc1cc(Cl)cc(Cl)c1OC(F)F.I. The first-order chi connectivity index (χ1) is 13.9. The lowest BCUT2D eigenvalue weighted by atomic mass is 10.2. The van der Waals surface area contributed by atoms with Crippen molar-refractivity contribution in [1.82, 2.24) is 15.2 Å². The normalized spacial score (nSPS) is 11.2. The fourth-order valence-electron chi connectivity index (χ4n) is 2.62. The molecule has 1 aromatic heterocycles. The Labute approximate surface area is 200 Å². The van der Waals surface area contributed by atoms with Crippen LogP contribution in [0.1, 0.15) is 18.4 Å². The maximum atomic E-state index is 12.6. The number of nitrogens with zero attached hydrogens (tertiary/aromatic N) is 2. The number of aryl methyl sites for hydroxylation is 1. The van der Waals surface area contributed by atoms with Gasteiger partial charge in [-0.2, -0.15) is 8.78 Å². The number of alkyl halides is 2. The van der Waals surface area contributed by atoms with Crippen LogP contribution in [0.4, 0.5) is 8.78 Å². The first-order valence-corrected chi connectivity index (χ1v) is 9.69. The first kappa shape index (κ1) is 26.4. The van der Waals surface area contributed by atoms with E-state index in [2.05, 4.69) is 20.4 Å². The molecule has 0 bridgehead atoms. The number of unbranched alkanes of at least 4 members (excludes halogenated alkanes) is 1. The Hall–Kier alpha value is -1.59. The Bertz CT molecular complexity index is 897. The number of benzene rings is 1. The van der Waals surface area contributed by atoms with Gasteiger partial charge in [0.1, 0.15) is 5.75 Å². The average molecular weight is 575 g/mol. The number of hydrogen-bond acceptors (Lipinski definition) is 3. The summed E-state index contributed by atoms with van der Waals surface area (Å²) in [7, 11) is 1.60. The molecule has 0 saturated heterocycles. The average Bonchev–Trinajstić information content (AvgIpc) is 2.67. The molecule has 1 heterocycles. The maximum absolute atomic E-state index is 12.6. The molecule has 0 atom stereocenters. The molecular formula is C19H23Cl2F2IN4O2. The zero-order valence-electron chi connectivity index (χ0n) is 16.2. The Morgan fingerprint density at radius 2 is 2.00 bits per heavy atom. The minimum absolute atomic E-state index is 0. The van der Waals surface area contributed by atoms with Gasteiger partial charge in [0.15, 0.2) is 5.96 Å². The van der Waals surface area contributed by atoms with E-state index in [0.29, 0.717) is 29.6 Å². The van der Waals surface area contributed by atoms with Crippen molar-refractivity contribution in [3.8, 4) is 5.75 Å². The summed E-state index contributed by atoms with van der Waals surface area (Å²) in [5.74, 6) is 0.364. The van der Waals surface area contributed by atoms with Crippen molar-refractivity contribution >= 4 is 53.1 Å². The zero-order chi connectivity index (χ0) is 21.2. The van der Waals surface area contributed by atoms with Gasteiger partial charge in [-0.25, -0.2) is 0 Å². The van der Waals surface area contributed by atoms with E-state index < -0.39 is 6.61 Å². The highest BCUT2D eigenvalue weighted by atomic mass is 127. The van der Waals surface area contributed by atoms with E-state index in [-0.39, 0.29) is 46.9 Å². The van der Waals surface area contributed by atoms with Gasteiger partial charge >= 0.3 is 6.61 Å². The Morgan fingerprint density at radius 3 is 2.67 bits per heavy atom. The van der Waals surface area contributed by atoms with Crippen molar-refractivity contribution < 1.29 is 13.5 Å². The molecule has 0 saturated carbocycles. The predicted octanol–water partition coefficient (Wildman–Crippen LogP) is 4.52. The van der Waals surface area contributed by atoms with Crippen LogP contribution in [0.25, 0.3) is 0 Å². The number of aromatic nitrogens is 1. The summed E-state index contributed by atoms with van der Waals surface area (Å²) in [5, 5.41) is 6.46. The third-order valence-electron chi connectivity index (χ3n) is 3.98.